The van der Waals surface area contributed by atoms with Crippen LogP contribution in [-0.2, 0) is 6.54 Å². The molecule has 0 amide bonds. The van der Waals surface area contributed by atoms with Gasteiger partial charge in [0.2, 0.25) is 0 Å². The molecule has 2 saturated heterocycles. The number of piperazine rings is 1. The molecule has 0 radical (unpaired) electrons. The minimum absolute atomic E-state index is 0.183. The third-order valence-electron chi connectivity index (χ3n) is 6.19. The Labute approximate surface area is 172 Å². The number of piperidine rings is 1. The molecular weight excluding hydrogens is 369 g/mol. The maximum absolute atomic E-state index is 13.2. The number of methoxy groups -OCH3 is 1. The molecule has 2 heterocycles. The van der Waals surface area contributed by atoms with E-state index in [1.165, 1.54) is 25.0 Å². The van der Waals surface area contributed by atoms with Gasteiger partial charge in [-0.2, -0.15) is 0 Å². The summed E-state index contributed by atoms with van der Waals surface area (Å²) in [6.07, 6.45) is 2.40. The van der Waals surface area contributed by atoms with Crippen LogP contribution in [-0.4, -0.2) is 67.3 Å². The van der Waals surface area contributed by atoms with Crippen LogP contribution in [0.1, 0.15) is 18.4 Å². The number of likely N-dealkylation sites (tertiary alicyclic amines) is 1. The lowest BCUT2D eigenvalue weighted by Gasteiger charge is -2.44. The number of phenols is 1. The van der Waals surface area contributed by atoms with E-state index in [9.17, 15) is 9.50 Å². The lowest BCUT2D eigenvalue weighted by molar-refractivity contribution is 0.0883. The fraction of sp³-hybridized carbons (Fsp3) is 0.478. The molecule has 0 aliphatic carbocycles. The maximum atomic E-state index is 13.2. The molecule has 2 aliphatic rings. The van der Waals surface area contributed by atoms with Crippen molar-refractivity contribution < 1.29 is 14.2 Å². The van der Waals surface area contributed by atoms with Crippen molar-refractivity contribution in [1.82, 2.24) is 9.80 Å². The number of ether oxygens (including phenoxy) is 1. The fourth-order valence-corrected chi connectivity index (χ4v) is 4.52. The molecule has 1 atom stereocenters. The fourth-order valence-electron chi connectivity index (χ4n) is 4.52. The van der Waals surface area contributed by atoms with E-state index in [0.717, 1.165) is 57.1 Å². The quantitative estimate of drug-likeness (QED) is 0.835. The van der Waals surface area contributed by atoms with Crippen LogP contribution in [0.15, 0.2) is 42.5 Å². The second-order valence-corrected chi connectivity index (χ2v) is 8.03. The second-order valence-electron chi connectivity index (χ2n) is 8.03. The Morgan fingerprint density at radius 3 is 2.48 bits per heavy atom. The molecule has 4 rings (SSSR count). The molecule has 156 valence electrons. The number of aromatic hydroxyl groups is 1. The Morgan fingerprint density at radius 2 is 1.79 bits per heavy atom. The van der Waals surface area contributed by atoms with Crippen LogP contribution in [0.25, 0.3) is 0 Å². The number of anilines is 1. The highest BCUT2D eigenvalue weighted by atomic mass is 19.1. The Balaban J connectivity index is 1.31. The summed E-state index contributed by atoms with van der Waals surface area (Å²) in [5, 5.41) is 10.3. The van der Waals surface area contributed by atoms with Crippen LogP contribution in [0, 0.1) is 5.82 Å². The molecule has 0 spiro atoms. The predicted molar refractivity (Wildman–Crippen MR) is 113 cm³/mol. The Hall–Kier alpha value is -2.31. The summed E-state index contributed by atoms with van der Waals surface area (Å²) >= 11 is 0. The van der Waals surface area contributed by atoms with Crippen molar-refractivity contribution in [2.45, 2.75) is 25.4 Å². The zero-order valence-corrected chi connectivity index (χ0v) is 17.1. The first-order valence-electron chi connectivity index (χ1n) is 10.4. The van der Waals surface area contributed by atoms with Gasteiger partial charge in [0.05, 0.1) is 7.11 Å². The molecule has 0 bridgehead atoms. The van der Waals surface area contributed by atoms with Crippen LogP contribution >= 0.6 is 0 Å². The summed E-state index contributed by atoms with van der Waals surface area (Å²) in [6.45, 7) is 6.87. The van der Waals surface area contributed by atoms with Gasteiger partial charge in [-0.15, -0.1) is 0 Å². The molecule has 2 aromatic rings. The molecule has 0 aromatic heterocycles. The van der Waals surface area contributed by atoms with E-state index in [4.69, 9.17) is 4.74 Å². The molecule has 2 aromatic carbocycles. The van der Waals surface area contributed by atoms with Gasteiger partial charge in [-0.3, -0.25) is 9.80 Å². The van der Waals surface area contributed by atoms with Crippen LogP contribution in [0.3, 0.4) is 0 Å². The van der Waals surface area contributed by atoms with Gasteiger partial charge in [-0.05, 0) is 49.7 Å². The molecule has 2 fully saturated rings. The number of hydrogen-bond donors (Lipinski definition) is 1. The van der Waals surface area contributed by atoms with Crippen molar-refractivity contribution in [3.8, 4) is 11.5 Å². The van der Waals surface area contributed by atoms with Crippen molar-refractivity contribution in [2.24, 2.45) is 0 Å². The van der Waals surface area contributed by atoms with Crippen molar-refractivity contribution in [1.29, 1.82) is 0 Å². The van der Waals surface area contributed by atoms with E-state index in [2.05, 4.69) is 14.7 Å². The number of hydrogen-bond acceptors (Lipinski definition) is 5. The predicted octanol–water partition coefficient (Wildman–Crippen LogP) is 3.33. The van der Waals surface area contributed by atoms with E-state index in [1.807, 2.05) is 24.3 Å². The van der Waals surface area contributed by atoms with Crippen molar-refractivity contribution >= 4 is 5.69 Å². The first kappa shape index (κ1) is 20.0. The third kappa shape index (κ3) is 4.82. The summed E-state index contributed by atoms with van der Waals surface area (Å²) in [5.74, 6) is 0.804. The normalized spacial score (nSPS) is 21.3. The SMILES string of the molecule is COc1ccc(CN2CCCC(N3CCN(c4ccc(F)cc4)CC3)C2)c(O)c1. The van der Waals surface area contributed by atoms with Gasteiger partial charge in [-0.25, -0.2) is 4.39 Å². The van der Waals surface area contributed by atoms with E-state index in [1.54, 1.807) is 13.2 Å². The second kappa shape index (κ2) is 9.01. The monoisotopic (exact) mass is 399 g/mol. The number of benzene rings is 2. The van der Waals surface area contributed by atoms with Crippen LogP contribution < -0.4 is 9.64 Å². The average molecular weight is 400 g/mol. The lowest BCUT2D eigenvalue weighted by atomic mass is 10.0. The van der Waals surface area contributed by atoms with Gasteiger partial charge < -0.3 is 14.7 Å². The highest BCUT2D eigenvalue weighted by molar-refractivity contribution is 5.46. The first-order valence-corrected chi connectivity index (χ1v) is 10.4. The van der Waals surface area contributed by atoms with Crippen molar-refractivity contribution in [3.63, 3.8) is 0 Å². The average Bonchev–Trinajstić information content (AvgIpc) is 2.76. The topological polar surface area (TPSA) is 39.2 Å². The standard InChI is InChI=1S/C23H30FN3O2/c1-29-22-9-4-18(23(28)15-22)16-25-10-2-3-21(17-25)27-13-11-26(12-14-27)20-7-5-19(24)6-8-20/h4-9,15,21,28H,2-3,10-14,16-17H2,1H3. The Morgan fingerprint density at radius 1 is 1.03 bits per heavy atom. The molecule has 2 aliphatic heterocycles. The molecule has 6 heteroatoms. The first-order chi connectivity index (χ1) is 14.1. The number of rotatable bonds is 5. The lowest BCUT2D eigenvalue weighted by Crippen LogP contribution is -2.55. The summed E-state index contributed by atoms with van der Waals surface area (Å²) in [5.41, 5.74) is 2.05. The molecule has 5 nitrogen and oxygen atoms in total. The zero-order valence-electron chi connectivity index (χ0n) is 17.1. The van der Waals surface area contributed by atoms with E-state index in [-0.39, 0.29) is 5.82 Å². The number of halogens is 1. The van der Waals surface area contributed by atoms with E-state index < -0.39 is 0 Å². The van der Waals surface area contributed by atoms with Crippen LogP contribution in [0.4, 0.5) is 10.1 Å². The minimum atomic E-state index is -0.183. The zero-order chi connectivity index (χ0) is 20.2. The van der Waals surface area contributed by atoms with Gasteiger partial charge >= 0.3 is 0 Å². The van der Waals surface area contributed by atoms with Crippen molar-refractivity contribution in [3.05, 3.63) is 53.8 Å². The Bertz CT molecular complexity index is 806. The molecule has 0 saturated carbocycles. The number of nitrogens with zero attached hydrogens (tertiary/aromatic N) is 3. The minimum Gasteiger partial charge on any atom is -0.507 e. The maximum Gasteiger partial charge on any atom is 0.123 e. The largest absolute Gasteiger partial charge is 0.507 e. The molecule has 29 heavy (non-hydrogen) atoms. The van der Waals surface area contributed by atoms with Gasteiger partial charge in [0, 0.05) is 62.6 Å². The highest BCUT2D eigenvalue weighted by Crippen LogP contribution is 2.27. The van der Waals surface area contributed by atoms with Gasteiger partial charge in [-0.1, -0.05) is 6.07 Å². The third-order valence-corrected chi connectivity index (χ3v) is 6.19. The smallest absolute Gasteiger partial charge is 0.123 e. The summed E-state index contributed by atoms with van der Waals surface area (Å²) in [7, 11) is 1.61. The summed E-state index contributed by atoms with van der Waals surface area (Å²) in [6, 6.07) is 12.9. The summed E-state index contributed by atoms with van der Waals surface area (Å²) in [4.78, 5) is 7.38. The highest BCUT2D eigenvalue weighted by Gasteiger charge is 2.28. The van der Waals surface area contributed by atoms with Gasteiger partial charge in [0.15, 0.2) is 0 Å². The van der Waals surface area contributed by atoms with Gasteiger partial charge in [0.25, 0.3) is 0 Å². The van der Waals surface area contributed by atoms with E-state index >= 15 is 0 Å². The molecule has 1 N–H and O–H groups in total. The number of phenolic OH excluding ortho intramolecular Hbond substituents is 1. The van der Waals surface area contributed by atoms with Crippen LogP contribution in [0.2, 0.25) is 0 Å². The van der Waals surface area contributed by atoms with E-state index in [0.29, 0.717) is 17.5 Å². The Kier molecular flexibility index (Phi) is 6.21. The summed E-state index contributed by atoms with van der Waals surface area (Å²) < 4.78 is 18.3. The molecule has 1 unspecified atom stereocenters. The molecular formula is C23H30FN3O2. The van der Waals surface area contributed by atoms with Crippen LogP contribution in [0.5, 0.6) is 11.5 Å². The van der Waals surface area contributed by atoms with Crippen molar-refractivity contribution in [2.75, 3.05) is 51.3 Å². The van der Waals surface area contributed by atoms with Gasteiger partial charge in [0.1, 0.15) is 17.3 Å².